The van der Waals surface area contributed by atoms with Gasteiger partial charge in [0.1, 0.15) is 5.78 Å². The molecule has 0 spiro atoms. The highest BCUT2D eigenvalue weighted by Gasteiger charge is 2.29. The van der Waals surface area contributed by atoms with Crippen LogP contribution in [0.5, 0.6) is 0 Å². The molecule has 23 heavy (non-hydrogen) atoms. The second-order valence-corrected chi connectivity index (χ2v) is 6.08. The monoisotopic (exact) mass is 314 g/mol. The van der Waals surface area contributed by atoms with Gasteiger partial charge in [-0.15, -0.1) is 0 Å². The van der Waals surface area contributed by atoms with Crippen LogP contribution in [0.3, 0.4) is 0 Å². The van der Waals surface area contributed by atoms with E-state index in [1.807, 2.05) is 24.3 Å². The van der Waals surface area contributed by atoms with Gasteiger partial charge in [-0.3, -0.25) is 4.79 Å². The second-order valence-electron chi connectivity index (χ2n) is 6.08. The Labute approximate surface area is 138 Å². The van der Waals surface area contributed by atoms with E-state index in [9.17, 15) is 9.59 Å². The molecule has 1 aromatic rings. The lowest BCUT2D eigenvalue weighted by Gasteiger charge is -2.24. The van der Waals surface area contributed by atoms with Gasteiger partial charge in [-0.05, 0) is 37.7 Å². The molecule has 0 N–H and O–H groups in total. The largest absolute Gasteiger partial charge is 0.463 e. The van der Waals surface area contributed by atoms with Crippen molar-refractivity contribution in [2.24, 2.45) is 5.92 Å². The van der Waals surface area contributed by atoms with Crippen LogP contribution in [0.25, 0.3) is 0 Å². The van der Waals surface area contributed by atoms with Gasteiger partial charge in [0, 0.05) is 18.4 Å². The molecule has 0 amide bonds. The van der Waals surface area contributed by atoms with E-state index < -0.39 is 0 Å². The van der Waals surface area contributed by atoms with Crippen LogP contribution < -0.4 is 0 Å². The first-order chi connectivity index (χ1) is 11.2. The predicted octanol–water partition coefficient (Wildman–Crippen LogP) is 4.43. The first-order valence-electron chi connectivity index (χ1n) is 8.63. The highest BCUT2D eigenvalue weighted by atomic mass is 16.5. The van der Waals surface area contributed by atoms with Crippen molar-refractivity contribution in [3.63, 3.8) is 0 Å². The fourth-order valence-corrected chi connectivity index (χ4v) is 3.35. The smallest absolute Gasteiger partial charge is 0.330 e. The molecule has 0 aromatic heterocycles. The van der Waals surface area contributed by atoms with Crippen molar-refractivity contribution in [3.05, 3.63) is 48.0 Å². The predicted molar refractivity (Wildman–Crippen MR) is 91.2 cm³/mol. The van der Waals surface area contributed by atoms with Crippen molar-refractivity contribution < 1.29 is 14.3 Å². The van der Waals surface area contributed by atoms with Crippen molar-refractivity contribution in [1.82, 2.24) is 0 Å². The van der Waals surface area contributed by atoms with Crippen LogP contribution in [0, 0.1) is 5.92 Å². The quantitative estimate of drug-likeness (QED) is 0.443. The van der Waals surface area contributed by atoms with Gasteiger partial charge >= 0.3 is 5.97 Å². The van der Waals surface area contributed by atoms with Gasteiger partial charge < -0.3 is 4.74 Å². The molecule has 2 rings (SSSR count). The SMILES string of the molecule is CCOC(=O)/C=C/C[C@@H](c1ccccc1)[C@@H]1CCCCCC1=O. The Morgan fingerprint density at radius 2 is 2.04 bits per heavy atom. The molecule has 0 aliphatic heterocycles. The van der Waals surface area contributed by atoms with Crippen LogP contribution >= 0.6 is 0 Å². The van der Waals surface area contributed by atoms with E-state index in [-0.39, 0.29) is 17.8 Å². The summed E-state index contributed by atoms with van der Waals surface area (Å²) in [7, 11) is 0. The Hall–Kier alpha value is -1.90. The maximum Gasteiger partial charge on any atom is 0.330 e. The van der Waals surface area contributed by atoms with Gasteiger partial charge in [-0.2, -0.15) is 0 Å². The van der Waals surface area contributed by atoms with Crippen molar-refractivity contribution in [1.29, 1.82) is 0 Å². The first-order valence-corrected chi connectivity index (χ1v) is 8.63. The molecule has 1 fully saturated rings. The minimum Gasteiger partial charge on any atom is -0.463 e. The molecule has 3 nitrogen and oxygen atoms in total. The minimum atomic E-state index is -0.313. The number of allylic oxidation sites excluding steroid dienone is 1. The molecule has 2 atom stereocenters. The number of rotatable bonds is 6. The van der Waals surface area contributed by atoms with Crippen molar-refractivity contribution in [2.45, 2.75) is 51.4 Å². The lowest BCUT2D eigenvalue weighted by Crippen LogP contribution is -2.21. The molecular formula is C20H26O3. The lowest BCUT2D eigenvalue weighted by atomic mass is 9.78. The third-order valence-corrected chi connectivity index (χ3v) is 4.50. The summed E-state index contributed by atoms with van der Waals surface area (Å²) in [5.74, 6) is 0.270. The summed E-state index contributed by atoms with van der Waals surface area (Å²) in [5, 5.41) is 0. The standard InChI is InChI=1S/C20H26O3/c1-2-23-20(22)15-9-13-17(16-10-5-3-6-11-16)18-12-7-4-8-14-19(18)21/h3,5-6,9-11,15,17-18H,2,4,7-8,12-14H2,1H3/b15-9+/t17-,18-/m0/s1. The van der Waals surface area contributed by atoms with E-state index in [4.69, 9.17) is 4.74 Å². The summed E-state index contributed by atoms with van der Waals surface area (Å²) < 4.78 is 4.92. The molecular weight excluding hydrogens is 288 g/mol. The summed E-state index contributed by atoms with van der Waals surface area (Å²) in [6.45, 7) is 2.18. The third-order valence-electron chi connectivity index (χ3n) is 4.50. The third kappa shape index (κ3) is 5.34. The number of benzene rings is 1. The molecule has 0 radical (unpaired) electrons. The number of ketones is 1. The molecule has 1 saturated carbocycles. The molecule has 3 heteroatoms. The van der Waals surface area contributed by atoms with Crippen LogP contribution in [-0.4, -0.2) is 18.4 Å². The number of ether oxygens (including phenoxy) is 1. The zero-order valence-electron chi connectivity index (χ0n) is 13.9. The van der Waals surface area contributed by atoms with Gasteiger partial charge in [0.05, 0.1) is 6.61 Å². The molecule has 124 valence electrons. The lowest BCUT2D eigenvalue weighted by molar-refractivity contribution is -0.137. The summed E-state index contributed by atoms with van der Waals surface area (Å²) in [6.07, 6.45) is 8.94. The second kappa shape index (κ2) is 9.29. The fourth-order valence-electron chi connectivity index (χ4n) is 3.35. The van der Waals surface area contributed by atoms with E-state index in [1.165, 1.54) is 11.6 Å². The number of esters is 1. The molecule has 0 heterocycles. The molecule has 1 aliphatic rings. The van der Waals surface area contributed by atoms with Crippen LogP contribution in [0.2, 0.25) is 0 Å². The highest BCUT2D eigenvalue weighted by molar-refractivity contribution is 5.83. The topological polar surface area (TPSA) is 43.4 Å². The van der Waals surface area contributed by atoms with E-state index in [0.29, 0.717) is 25.2 Å². The molecule has 0 bridgehead atoms. The number of Topliss-reactive ketones (excluding diaryl/α,β-unsaturated/α-hetero) is 1. The Kier molecular flexibility index (Phi) is 7.05. The Balaban J connectivity index is 2.15. The van der Waals surface area contributed by atoms with E-state index in [2.05, 4.69) is 12.1 Å². The molecule has 0 unspecified atom stereocenters. The molecule has 1 aliphatic carbocycles. The van der Waals surface area contributed by atoms with Gasteiger partial charge in [0.25, 0.3) is 0 Å². The molecule has 1 aromatic carbocycles. The van der Waals surface area contributed by atoms with Crippen LogP contribution in [0.15, 0.2) is 42.5 Å². The minimum absolute atomic E-state index is 0.0618. The van der Waals surface area contributed by atoms with Gasteiger partial charge in [0.15, 0.2) is 0 Å². The summed E-state index contributed by atoms with van der Waals surface area (Å²) in [4.78, 5) is 24.0. The Bertz CT molecular complexity index is 533. The zero-order chi connectivity index (χ0) is 16.5. The van der Waals surface area contributed by atoms with Gasteiger partial charge in [0.2, 0.25) is 0 Å². The maximum atomic E-state index is 12.5. The van der Waals surface area contributed by atoms with Crippen LogP contribution in [0.1, 0.15) is 56.9 Å². The number of carbonyl (C=O) groups excluding carboxylic acids is 2. The molecule has 0 saturated heterocycles. The van der Waals surface area contributed by atoms with E-state index >= 15 is 0 Å². The van der Waals surface area contributed by atoms with Crippen LogP contribution in [-0.2, 0) is 14.3 Å². The van der Waals surface area contributed by atoms with Crippen molar-refractivity contribution in [2.75, 3.05) is 6.61 Å². The highest BCUT2D eigenvalue weighted by Crippen LogP contribution is 2.35. The summed E-state index contributed by atoms with van der Waals surface area (Å²) in [5.41, 5.74) is 1.18. The van der Waals surface area contributed by atoms with Gasteiger partial charge in [-0.25, -0.2) is 4.79 Å². The van der Waals surface area contributed by atoms with Gasteiger partial charge in [-0.1, -0.05) is 49.2 Å². The number of hydrogen-bond acceptors (Lipinski definition) is 3. The van der Waals surface area contributed by atoms with E-state index in [0.717, 1.165) is 25.7 Å². The zero-order valence-corrected chi connectivity index (χ0v) is 13.9. The average Bonchev–Trinajstić information content (AvgIpc) is 2.77. The number of hydrogen-bond donors (Lipinski definition) is 0. The maximum absolute atomic E-state index is 12.5. The Morgan fingerprint density at radius 1 is 1.26 bits per heavy atom. The average molecular weight is 314 g/mol. The first kappa shape index (κ1) is 17.5. The van der Waals surface area contributed by atoms with E-state index in [1.54, 1.807) is 6.92 Å². The van der Waals surface area contributed by atoms with Crippen molar-refractivity contribution in [3.8, 4) is 0 Å². The fraction of sp³-hybridized carbons (Fsp3) is 0.500. The van der Waals surface area contributed by atoms with Crippen LogP contribution in [0.4, 0.5) is 0 Å². The van der Waals surface area contributed by atoms with Crippen molar-refractivity contribution >= 4 is 11.8 Å². The summed E-state index contributed by atoms with van der Waals surface area (Å²) >= 11 is 0. The number of carbonyl (C=O) groups is 2. The Morgan fingerprint density at radius 3 is 2.78 bits per heavy atom. The summed E-state index contributed by atoms with van der Waals surface area (Å²) in [6, 6.07) is 10.2. The normalized spacial score (nSPS) is 20.2.